The van der Waals surface area contributed by atoms with Gasteiger partial charge in [-0.25, -0.2) is 4.39 Å². The van der Waals surface area contributed by atoms with Gasteiger partial charge in [-0.05, 0) is 44.0 Å². The lowest BCUT2D eigenvalue weighted by Crippen LogP contribution is -2.37. The van der Waals surface area contributed by atoms with Gasteiger partial charge in [-0.3, -0.25) is 4.90 Å². The van der Waals surface area contributed by atoms with Crippen LogP contribution in [0.4, 0.5) is 17.6 Å². The third-order valence-electron chi connectivity index (χ3n) is 3.75. The van der Waals surface area contributed by atoms with E-state index in [0.29, 0.717) is 13.0 Å². The van der Waals surface area contributed by atoms with E-state index in [1.807, 2.05) is 0 Å². The quantitative estimate of drug-likeness (QED) is 0.776. The molecule has 1 N–H and O–H groups in total. The lowest BCUT2D eigenvalue weighted by Gasteiger charge is -2.26. The Hall–Kier alpha value is -1.14. The summed E-state index contributed by atoms with van der Waals surface area (Å²) < 4.78 is 50.9. The summed E-state index contributed by atoms with van der Waals surface area (Å²) >= 11 is 0. The van der Waals surface area contributed by atoms with Crippen LogP contribution < -0.4 is 5.32 Å². The summed E-state index contributed by atoms with van der Waals surface area (Å²) in [6, 6.07) is 6.09. The molecule has 0 spiro atoms. The Labute approximate surface area is 122 Å². The summed E-state index contributed by atoms with van der Waals surface area (Å²) in [7, 11) is 1.74. The second-order valence-corrected chi connectivity index (χ2v) is 5.50. The summed E-state index contributed by atoms with van der Waals surface area (Å²) in [5.74, 6) is -0.331. The molecule has 21 heavy (non-hydrogen) atoms. The van der Waals surface area contributed by atoms with E-state index in [9.17, 15) is 17.6 Å². The van der Waals surface area contributed by atoms with Crippen LogP contribution in [-0.4, -0.2) is 37.3 Å². The second kappa shape index (κ2) is 6.75. The van der Waals surface area contributed by atoms with Crippen LogP contribution in [0.15, 0.2) is 24.3 Å². The van der Waals surface area contributed by atoms with E-state index in [1.165, 1.54) is 17.0 Å². The molecule has 0 aromatic heterocycles. The topological polar surface area (TPSA) is 15.3 Å². The molecule has 1 aliphatic carbocycles. The number of hydrogen-bond donors (Lipinski definition) is 1. The average molecular weight is 304 g/mol. The smallest absolute Gasteiger partial charge is 0.313 e. The summed E-state index contributed by atoms with van der Waals surface area (Å²) in [5, 5.41) is 3.05. The second-order valence-electron chi connectivity index (χ2n) is 5.50. The van der Waals surface area contributed by atoms with Gasteiger partial charge >= 0.3 is 6.18 Å². The zero-order valence-corrected chi connectivity index (χ0v) is 12.0. The molecule has 118 valence electrons. The Morgan fingerprint density at radius 1 is 1.33 bits per heavy atom. The van der Waals surface area contributed by atoms with Gasteiger partial charge in [0, 0.05) is 18.6 Å². The summed E-state index contributed by atoms with van der Waals surface area (Å²) in [5.41, 5.74) is 0.764. The van der Waals surface area contributed by atoms with Crippen molar-refractivity contribution < 1.29 is 17.6 Å². The van der Waals surface area contributed by atoms with E-state index >= 15 is 0 Å². The zero-order valence-electron chi connectivity index (χ0n) is 12.0. The minimum atomic E-state index is -4.17. The van der Waals surface area contributed by atoms with Gasteiger partial charge in [-0.15, -0.1) is 0 Å². The first-order valence-corrected chi connectivity index (χ1v) is 7.12. The van der Waals surface area contributed by atoms with E-state index in [4.69, 9.17) is 0 Å². The fourth-order valence-corrected chi connectivity index (χ4v) is 2.56. The van der Waals surface area contributed by atoms with Gasteiger partial charge in [0.15, 0.2) is 0 Å². The number of alkyl halides is 3. The molecule has 2 rings (SSSR count). The first-order chi connectivity index (χ1) is 9.89. The van der Waals surface area contributed by atoms with E-state index in [2.05, 4.69) is 5.32 Å². The number of rotatable bonds is 7. The van der Waals surface area contributed by atoms with Crippen molar-refractivity contribution >= 4 is 0 Å². The normalized spacial score (nSPS) is 17.2. The number of hydrogen-bond acceptors (Lipinski definition) is 2. The van der Waals surface area contributed by atoms with Gasteiger partial charge < -0.3 is 5.32 Å². The number of nitrogens with one attached hydrogen (secondary N) is 1. The van der Waals surface area contributed by atoms with Crippen LogP contribution in [0.5, 0.6) is 0 Å². The van der Waals surface area contributed by atoms with Crippen molar-refractivity contribution in [2.75, 3.05) is 20.1 Å². The van der Waals surface area contributed by atoms with Crippen molar-refractivity contribution in [2.45, 2.75) is 37.5 Å². The van der Waals surface area contributed by atoms with Crippen LogP contribution in [0, 0.1) is 5.82 Å². The third kappa shape index (κ3) is 5.28. The van der Waals surface area contributed by atoms with Crippen LogP contribution in [0.2, 0.25) is 0 Å². The van der Waals surface area contributed by atoms with Gasteiger partial charge in [-0.2, -0.15) is 13.2 Å². The molecule has 2 nitrogen and oxygen atoms in total. The minimum Gasteiger partial charge on any atom is -0.313 e. The minimum absolute atomic E-state index is 0.0524. The molecular formula is C15H20F4N2. The van der Waals surface area contributed by atoms with Crippen molar-refractivity contribution in [3.05, 3.63) is 35.6 Å². The molecule has 1 saturated carbocycles. The number of nitrogens with zero attached hydrogens (tertiary/aromatic N) is 1. The Morgan fingerprint density at radius 3 is 2.57 bits per heavy atom. The van der Waals surface area contributed by atoms with E-state index in [0.717, 1.165) is 18.4 Å². The van der Waals surface area contributed by atoms with Crippen LogP contribution in [0.25, 0.3) is 0 Å². The Kier molecular flexibility index (Phi) is 5.22. The molecule has 0 saturated heterocycles. The highest BCUT2D eigenvalue weighted by Gasteiger charge is 2.37. The van der Waals surface area contributed by atoms with Gasteiger partial charge in [0.2, 0.25) is 0 Å². The van der Waals surface area contributed by atoms with Crippen LogP contribution in [-0.2, 0) is 0 Å². The lowest BCUT2D eigenvalue weighted by molar-refractivity contribution is -0.147. The highest BCUT2D eigenvalue weighted by Crippen LogP contribution is 2.31. The van der Waals surface area contributed by atoms with Gasteiger partial charge in [0.25, 0.3) is 0 Å². The molecule has 1 aromatic rings. The summed E-state index contributed by atoms with van der Waals surface area (Å²) in [6.07, 6.45) is -1.98. The molecule has 0 radical (unpaired) electrons. The van der Waals surface area contributed by atoms with Crippen LogP contribution in [0.1, 0.15) is 30.9 Å². The number of benzene rings is 1. The zero-order chi connectivity index (χ0) is 15.5. The molecule has 1 unspecified atom stereocenters. The van der Waals surface area contributed by atoms with Crippen molar-refractivity contribution in [2.24, 2.45) is 0 Å². The first kappa shape index (κ1) is 16.2. The molecule has 0 aliphatic heterocycles. The van der Waals surface area contributed by atoms with E-state index in [-0.39, 0.29) is 17.9 Å². The maximum absolute atomic E-state index is 13.2. The van der Waals surface area contributed by atoms with Crippen LogP contribution in [0.3, 0.4) is 0 Å². The average Bonchev–Trinajstić information content (AvgIpc) is 3.21. The summed E-state index contributed by atoms with van der Waals surface area (Å²) in [4.78, 5) is 1.49. The van der Waals surface area contributed by atoms with Crippen LogP contribution >= 0.6 is 0 Å². The predicted molar refractivity (Wildman–Crippen MR) is 73.5 cm³/mol. The first-order valence-electron chi connectivity index (χ1n) is 7.12. The summed E-state index contributed by atoms with van der Waals surface area (Å²) in [6.45, 7) is -0.510. The van der Waals surface area contributed by atoms with Gasteiger partial charge in [-0.1, -0.05) is 12.1 Å². The molecule has 0 amide bonds. The SMILES string of the molecule is CNC(CCN(CC(F)(F)F)C1CC1)c1cccc(F)c1. The third-order valence-corrected chi connectivity index (χ3v) is 3.75. The monoisotopic (exact) mass is 304 g/mol. The van der Waals surface area contributed by atoms with Crippen molar-refractivity contribution in [1.82, 2.24) is 10.2 Å². The number of halogens is 4. The fraction of sp³-hybridized carbons (Fsp3) is 0.600. The predicted octanol–water partition coefficient (Wildman–Crippen LogP) is 3.50. The molecule has 1 aliphatic rings. The molecule has 1 fully saturated rings. The van der Waals surface area contributed by atoms with Gasteiger partial charge in [0.05, 0.1) is 6.54 Å². The fourth-order valence-electron chi connectivity index (χ4n) is 2.56. The Bertz CT molecular complexity index is 457. The lowest BCUT2D eigenvalue weighted by atomic mass is 10.0. The van der Waals surface area contributed by atoms with E-state index < -0.39 is 12.7 Å². The van der Waals surface area contributed by atoms with Crippen molar-refractivity contribution in [3.63, 3.8) is 0 Å². The molecule has 0 heterocycles. The molecule has 1 aromatic carbocycles. The Balaban J connectivity index is 1.94. The standard InChI is InChI=1S/C15H20F4N2/c1-20-14(11-3-2-4-12(16)9-11)7-8-21(13-5-6-13)10-15(17,18)19/h2-4,9,13-14,20H,5-8,10H2,1H3. The molecule has 1 atom stereocenters. The molecule has 0 bridgehead atoms. The van der Waals surface area contributed by atoms with Crippen molar-refractivity contribution in [3.8, 4) is 0 Å². The maximum atomic E-state index is 13.2. The highest BCUT2D eigenvalue weighted by molar-refractivity contribution is 5.20. The maximum Gasteiger partial charge on any atom is 0.401 e. The van der Waals surface area contributed by atoms with E-state index in [1.54, 1.807) is 19.2 Å². The van der Waals surface area contributed by atoms with Crippen molar-refractivity contribution in [1.29, 1.82) is 0 Å². The largest absolute Gasteiger partial charge is 0.401 e. The molecular weight excluding hydrogens is 284 g/mol. The molecule has 6 heteroatoms. The Morgan fingerprint density at radius 2 is 2.05 bits per heavy atom. The van der Waals surface area contributed by atoms with Gasteiger partial charge in [0.1, 0.15) is 5.82 Å². The highest BCUT2D eigenvalue weighted by atomic mass is 19.4.